The summed E-state index contributed by atoms with van der Waals surface area (Å²) in [7, 11) is 1.34. The Labute approximate surface area is 68.8 Å². The molecule has 11 heavy (non-hydrogen) atoms. The highest BCUT2D eigenvalue weighted by Crippen LogP contribution is 2.40. The first-order chi connectivity index (χ1) is 5.16. The van der Waals surface area contributed by atoms with Crippen LogP contribution in [0.25, 0.3) is 0 Å². The van der Waals surface area contributed by atoms with E-state index in [1.54, 1.807) is 0 Å². The first kappa shape index (κ1) is 8.01. The molecule has 60 valence electrons. The summed E-state index contributed by atoms with van der Waals surface area (Å²) in [5.41, 5.74) is 0. The van der Waals surface area contributed by atoms with Gasteiger partial charge < -0.3 is 14.9 Å². The third-order valence-corrected chi connectivity index (χ3v) is 1.57. The SMILES string of the molecule is COc1c(O)ccc(Cl)c1O. The van der Waals surface area contributed by atoms with Crippen LogP contribution in [0.2, 0.25) is 5.02 Å². The number of methoxy groups -OCH3 is 1. The number of phenolic OH excluding ortho intramolecular Hbond substituents is 2. The molecule has 2 N–H and O–H groups in total. The monoisotopic (exact) mass is 174 g/mol. The summed E-state index contributed by atoms with van der Waals surface area (Å²) < 4.78 is 4.67. The quantitative estimate of drug-likeness (QED) is 0.682. The number of halogens is 1. The molecule has 1 aromatic carbocycles. The Balaban J connectivity index is 3.29. The third-order valence-electron chi connectivity index (χ3n) is 1.27. The Morgan fingerprint density at radius 3 is 2.45 bits per heavy atom. The highest BCUT2D eigenvalue weighted by molar-refractivity contribution is 6.32. The van der Waals surface area contributed by atoms with Crippen LogP contribution in [0.4, 0.5) is 0 Å². The number of phenols is 2. The van der Waals surface area contributed by atoms with Gasteiger partial charge in [-0.2, -0.15) is 0 Å². The van der Waals surface area contributed by atoms with Crippen LogP contribution in [-0.2, 0) is 0 Å². The van der Waals surface area contributed by atoms with E-state index >= 15 is 0 Å². The van der Waals surface area contributed by atoms with Crippen LogP contribution in [0.5, 0.6) is 17.2 Å². The van der Waals surface area contributed by atoms with Gasteiger partial charge in [0.25, 0.3) is 0 Å². The summed E-state index contributed by atoms with van der Waals surface area (Å²) in [6, 6.07) is 2.73. The van der Waals surface area contributed by atoms with Gasteiger partial charge in [-0.3, -0.25) is 0 Å². The Morgan fingerprint density at radius 1 is 1.36 bits per heavy atom. The summed E-state index contributed by atoms with van der Waals surface area (Å²) in [5.74, 6) is -0.374. The second-order valence-electron chi connectivity index (χ2n) is 1.95. The van der Waals surface area contributed by atoms with Gasteiger partial charge in [-0.15, -0.1) is 0 Å². The lowest BCUT2D eigenvalue weighted by Gasteiger charge is -2.05. The van der Waals surface area contributed by atoms with Crippen LogP contribution >= 0.6 is 11.6 Å². The number of ether oxygens (including phenoxy) is 1. The maximum Gasteiger partial charge on any atom is 0.204 e. The molecular weight excluding hydrogens is 168 g/mol. The fourth-order valence-corrected chi connectivity index (χ4v) is 0.887. The molecule has 0 saturated carbocycles. The fraction of sp³-hybridized carbons (Fsp3) is 0.143. The van der Waals surface area contributed by atoms with Crippen LogP contribution in [0.15, 0.2) is 12.1 Å². The molecule has 4 heteroatoms. The first-order valence-corrected chi connectivity index (χ1v) is 3.29. The maximum atomic E-state index is 9.16. The number of hydrogen-bond donors (Lipinski definition) is 2. The lowest BCUT2D eigenvalue weighted by atomic mass is 10.3. The van der Waals surface area contributed by atoms with Crippen molar-refractivity contribution < 1.29 is 14.9 Å². The number of hydrogen-bond acceptors (Lipinski definition) is 3. The highest BCUT2D eigenvalue weighted by atomic mass is 35.5. The Morgan fingerprint density at radius 2 is 2.00 bits per heavy atom. The molecule has 0 aromatic heterocycles. The van der Waals surface area contributed by atoms with E-state index in [9.17, 15) is 0 Å². The van der Waals surface area contributed by atoms with Crippen LogP contribution in [-0.4, -0.2) is 17.3 Å². The first-order valence-electron chi connectivity index (χ1n) is 2.91. The molecule has 0 spiro atoms. The normalized spacial score (nSPS) is 9.64. The fourth-order valence-electron chi connectivity index (χ4n) is 0.738. The van der Waals surface area contributed by atoms with Gasteiger partial charge in [-0.05, 0) is 12.1 Å². The van der Waals surface area contributed by atoms with Crippen molar-refractivity contribution in [1.29, 1.82) is 0 Å². The Hall–Kier alpha value is -1.09. The van der Waals surface area contributed by atoms with Crippen LogP contribution < -0.4 is 4.74 Å². The van der Waals surface area contributed by atoms with Crippen molar-refractivity contribution in [2.45, 2.75) is 0 Å². The van der Waals surface area contributed by atoms with E-state index in [1.807, 2.05) is 0 Å². The number of benzene rings is 1. The van der Waals surface area contributed by atoms with E-state index in [-0.39, 0.29) is 22.3 Å². The minimum absolute atomic E-state index is 0.00231. The minimum Gasteiger partial charge on any atom is -0.504 e. The molecule has 0 radical (unpaired) electrons. The van der Waals surface area contributed by atoms with Gasteiger partial charge in [0, 0.05) is 0 Å². The van der Waals surface area contributed by atoms with Gasteiger partial charge in [0.15, 0.2) is 11.5 Å². The number of aromatic hydroxyl groups is 2. The van der Waals surface area contributed by atoms with E-state index in [4.69, 9.17) is 21.8 Å². The topological polar surface area (TPSA) is 49.7 Å². The second-order valence-corrected chi connectivity index (χ2v) is 2.36. The van der Waals surface area contributed by atoms with Crippen molar-refractivity contribution in [2.24, 2.45) is 0 Å². The second kappa shape index (κ2) is 2.88. The predicted molar refractivity (Wildman–Crippen MR) is 41.3 cm³/mol. The standard InChI is InChI=1S/C7H7ClO3/c1-11-7-5(9)3-2-4(8)6(7)10/h2-3,9-10H,1H3. The smallest absolute Gasteiger partial charge is 0.204 e. The summed E-state index contributed by atoms with van der Waals surface area (Å²) in [5, 5.41) is 18.4. The molecule has 0 heterocycles. The van der Waals surface area contributed by atoms with Crippen molar-refractivity contribution >= 4 is 11.6 Å². The molecule has 0 saturated heterocycles. The molecule has 0 bridgehead atoms. The van der Waals surface area contributed by atoms with Crippen LogP contribution in [0.3, 0.4) is 0 Å². The molecule has 0 fully saturated rings. The van der Waals surface area contributed by atoms with Crippen LogP contribution in [0, 0.1) is 0 Å². The molecular formula is C7H7ClO3. The average Bonchev–Trinajstić information content (AvgIpc) is 1.99. The molecule has 0 aliphatic carbocycles. The lowest BCUT2D eigenvalue weighted by molar-refractivity contribution is 0.345. The summed E-state index contributed by atoms with van der Waals surface area (Å²) in [6.07, 6.45) is 0. The lowest BCUT2D eigenvalue weighted by Crippen LogP contribution is -1.84. The molecule has 0 aliphatic rings. The minimum atomic E-state index is -0.242. The van der Waals surface area contributed by atoms with Gasteiger partial charge in [-0.1, -0.05) is 11.6 Å². The largest absolute Gasteiger partial charge is 0.504 e. The average molecular weight is 175 g/mol. The van der Waals surface area contributed by atoms with Gasteiger partial charge in [0.05, 0.1) is 12.1 Å². The van der Waals surface area contributed by atoms with E-state index < -0.39 is 0 Å². The van der Waals surface area contributed by atoms with E-state index in [2.05, 4.69) is 4.74 Å². The van der Waals surface area contributed by atoms with Crippen molar-refractivity contribution in [3.8, 4) is 17.2 Å². The summed E-state index contributed by atoms with van der Waals surface area (Å²) >= 11 is 5.52. The zero-order valence-corrected chi connectivity index (χ0v) is 6.59. The van der Waals surface area contributed by atoms with Crippen molar-refractivity contribution in [1.82, 2.24) is 0 Å². The molecule has 1 aromatic rings. The summed E-state index contributed by atoms with van der Waals surface area (Å²) in [4.78, 5) is 0. The van der Waals surface area contributed by atoms with E-state index in [1.165, 1.54) is 19.2 Å². The zero-order chi connectivity index (χ0) is 8.43. The molecule has 0 atom stereocenters. The van der Waals surface area contributed by atoms with E-state index in [0.717, 1.165) is 0 Å². The van der Waals surface area contributed by atoms with Crippen molar-refractivity contribution in [3.63, 3.8) is 0 Å². The zero-order valence-electron chi connectivity index (χ0n) is 5.84. The molecule has 3 nitrogen and oxygen atoms in total. The molecule has 1 rings (SSSR count). The maximum absolute atomic E-state index is 9.16. The molecule has 0 amide bonds. The predicted octanol–water partition coefficient (Wildman–Crippen LogP) is 1.76. The molecule has 0 unspecified atom stereocenters. The van der Waals surface area contributed by atoms with Crippen LogP contribution in [0.1, 0.15) is 0 Å². The number of rotatable bonds is 1. The Kier molecular flexibility index (Phi) is 2.10. The highest BCUT2D eigenvalue weighted by Gasteiger charge is 2.10. The van der Waals surface area contributed by atoms with Gasteiger partial charge in [0.2, 0.25) is 5.75 Å². The van der Waals surface area contributed by atoms with Gasteiger partial charge >= 0.3 is 0 Å². The summed E-state index contributed by atoms with van der Waals surface area (Å²) in [6.45, 7) is 0. The van der Waals surface area contributed by atoms with Gasteiger partial charge in [-0.25, -0.2) is 0 Å². The van der Waals surface area contributed by atoms with E-state index in [0.29, 0.717) is 0 Å². The van der Waals surface area contributed by atoms with Crippen molar-refractivity contribution in [2.75, 3.05) is 7.11 Å². The van der Waals surface area contributed by atoms with Crippen molar-refractivity contribution in [3.05, 3.63) is 17.2 Å². The third kappa shape index (κ3) is 1.33. The molecule has 0 aliphatic heterocycles. The van der Waals surface area contributed by atoms with Gasteiger partial charge in [0.1, 0.15) is 0 Å². The Bertz CT molecular complexity index is 273.